The van der Waals surface area contributed by atoms with Gasteiger partial charge in [0.25, 0.3) is 5.69 Å². The molecule has 1 aliphatic rings. The van der Waals surface area contributed by atoms with Gasteiger partial charge in [0.1, 0.15) is 0 Å². The van der Waals surface area contributed by atoms with Gasteiger partial charge in [-0.15, -0.1) is 0 Å². The van der Waals surface area contributed by atoms with E-state index in [4.69, 9.17) is 5.73 Å². The van der Waals surface area contributed by atoms with Crippen LogP contribution in [0.25, 0.3) is 0 Å². The molecular formula is C14H21N3O2. The van der Waals surface area contributed by atoms with Gasteiger partial charge in [0.2, 0.25) is 0 Å². The summed E-state index contributed by atoms with van der Waals surface area (Å²) >= 11 is 0. The molecule has 19 heavy (non-hydrogen) atoms. The zero-order chi connectivity index (χ0) is 13.8. The number of anilines is 1. The molecule has 1 atom stereocenters. The van der Waals surface area contributed by atoms with E-state index in [1.54, 1.807) is 12.1 Å². The molecule has 1 aliphatic heterocycles. The van der Waals surface area contributed by atoms with Crippen molar-refractivity contribution in [1.82, 2.24) is 0 Å². The lowest BCUT2D eigenvalue weighted by Crippen LogP contribution is -2.40. The number of aryl methyl sites for hydroxylation is 1. The van der Waals surface area contributed by atoms with Crippen molar-refractivity contribution >= 4 is 11.4 Å². The summed E-state index contributed by atoms with van der Waals surface area (Å²) in [6, 6.07) is 5.75. The van der Waals surface area contributed by atoms with Crippen molar-refractivity contribution in [2.75, 3.05) is 18.0 Å². The van der Waals surface area contributed by atoms with Crippen LogP contribution in [-0.2, 0) is 0 Å². The van der Waals surface area contributed by atoms with E-state index in [0.717, 1.165) is 37.1 Å². The molecule has 2 N–H and O–H groups in total. The highest BCUT2D eigenvalue weighted by Crippen LogP contribution is 2.30. The molecule has 0 spiro atoms. The molecule has 0 bridgehead atoms. The zero-order valence-electron chi connectivity index (χ0n) is 11.3. The predicted molar refractivity (Wildman–Crippen MR) is 76.5 cm³/mol. The van der Waals surface area contributed by atoms with E-state index >= 15 is 0 Å². The molecule has 104 valence electrons. The Hall–Kier alpha value is -1.62. The van der Waals surface area contributed by atoms with Gasteiger partial charge < -0.3 is 10.6 Å². The highest BCUT2D eigenvalue weighted by Gasteiger charge is 2.23. The van der Waals surface area contributed by atoms with Gasteiger partial charge in [0.15, 0.2) is 0 Å². The fraction of sp³-hybridized carbons (Fsp3) is 0.571. The minimum atomic E-state index is -0.321. The molecule has 0 aromatic heterocycles. The van der Waals surface area contributed by atoms with Crippen LogP contribution in [0.1, 0.15) is 31.2 Å². The topological polar surface area (TPSA) is 72.4 Å². The van der Waals surface area contributed by atoms with Gasteiger partial charge in [0, 0.05) is 30.4 Å². The summed E-state index contributed by atoms with van der Waals surface area (Å²) in [5.41, 5.74) is 7.74. The SMILES string of the molecule is Cc1cc(N2CCCCC2CCN)cc([N+](=O)[O-])c1. The van der Waals surface area contributed by atoms with E-state index in [-0.39, 0.29) is 10.6 Å². The van der Waals surface area contributed by atoms with E-state index in [9.17, 15) is 10.1 Å². The summed E-state index contributed by atoms with van der Waals surface area (Å²) < 4.78 is 0. The van der Waals surface area contributed by atoms with Gasteiger partial charge >= 0.3 is 0 Å². The van der Waals surface area contributed by atoms with Gasteiger partial charge in [-0.2, -0.15) is 0 Å². The van der Waals surface area contributed by atoms with Crippen molar-refractivity contribution in [1.29, 1.82) is 0 Å². The van der Waals surface area contributed by atoms with E-state index in [2.05, 4.69) is 4.90 Å². The van der Waals surface area contributed by atoms with Crippen molar-refractivity contribution in [2.45, 2.75) is 38.6 Å². The minimum absolute atomic E-state index is 0.173. The van der Waals surface area contributed by atoms with E-state index in [1.807, 2.05) is 13.0 Å². The number of rotatable bonds is 4. The monoisotopic (exact) mass is 263 g/mol. The molecule has 0 saturated carbocycles. The molecule has 0 aliphatic carbocycles. The molecule has 1 aromatic carbocycles. The van der Waals surface area contributed by atoms with Gasteiger partial charge in [-0.1, -0.05) is 0 Å². The van der Waals surface area contributed by atoms with Crippen LogP contribution in [0, 0.1) is 17.0 Å². The van der Waals surface area contributed by atoms with Gasteiger partial charge in [-0.3, -0.25) is 10.1 Å². The highest BCUT2D eigenvalue weighted by molar-refractivity contribution is 5.56. The number of piperidine rings is 1. The van der Waals surface area contributed by atoms with Gasteiger partial charge in [0.05, 0.1) is 4.92 Å². The lowest BCUT2D eigenvalue weighted by atomic mass is 9.98. The number of hydrogen-bond donors (Lipinski definition) is 1. The first-order valence-electron chi connectivity index (χ1n) is 6.84. The lowest BCUT2D eigenvalue weighted by Gasteiger charge is -2.37. The predicted octanol–water partition coefficient (Wildman–Crippen LogP) is 2.61. The number of non-ortho nitro benzene ring substituents is 1. The van der Waals surface area contributed by atoms with Crippen LogP contribution in [0.15, 0.2) is 18.2 Å². The standard InChI is InChI=1S/C14H21N3O2/c1-11-8-13(10-14(9-11)17(18)19)16-7-3-2-4-12(16)5-6-15/h8-10,12H,2-7,15H2,1H3. The average molecular weight is 263 g/mol. The Morgan fingerprint density at radius 2 is 2.21 bits per heavy atom. The van der Waals surface area contributed by atoms with Crippen molar-refractivity contribution in [3.8, 4) is 0 Å². The first-order chi connectivity index (χ1) is 9.11. The fourth-order valence-corrected chi connectivity index (χ4v) is 2.85. The second-order valence-electron chi connectivity index (χ2n) is 5.20. The van der Waals surface area contributed by atoms with Crippen molar-refractivity contribution < 1.29 is 4.92 Å². The summed E-state index contributed by atoms with van der Waals surface area (Å²) in [7, 11) is 0. The second-order valence-corrected chi connectivity index (χ2v) is 5.20. The molecule has 5 nitrogen and oxygen atoms in total. The van der Waals surface area contributed by atoms with Crippen LogP contribution < -0.4 is 10.6 Å². The summed E-state index contributed by atoms with van der Waals surface area (Å²) in [5, 5.41) is 11.0. The largest absolute Gasteiger partial charge is 0.368 e. The van der Waals surface area contributed by atoms with E-state index in [1.165, 1.54) is 6.42 Å². The first-order valence-corrected chi connectivity index (χ1v) is 6.84. The lowest BCUT2D eigenvalue weighted by molar-refractivity contribution is -0.384. The maximum absolute atomic E-state index is 11.0. The summed E-state index contributed by atoms with van der Waals surface area (Å²) in [5.74, 6) is 0. The van der Waals surface area contributed by atoms with Crippen LogP contribution in [-0.4, -0.2) is 24.1 Å². The Morgan fingerprint density at radius 1 is 1.42 bits per heavy atom. The third-order valence-electron chi connectivity index (χ3n) is 3.72. The molecule has 5 heteroatoms. The Morgan fingerprint density at radius 3 is 2.89 bits per heavy atom. The number of nitrogens with two attached hydrogens (primary N) is 1. The maximum atomic E-state index is 11.0. The summed E-state index contributed by atoms with van der Waals surface area (Å²) in [6.07, 6.45) is 4.43. The van der Waals surface area contributed by atoms with Crippen LogP contribution in [0.4, 0.5) is 11.4 Å². The molecule has 1 unspecified atom stereocenters. The molecule has 1 heterocycles. The van der Waals surface area contributed by atoms with Crippen molar-refractivity contribution in [2.24, 2.45) is 5.73 Å². The molecule has 2 rings (SSSR count). The molecular weight excluding hydrogens is 242 g/mol. The van der Waals surface area contributed by atoms with E-state index < -0.39 is 0 Å². The second kappa shape index (κ2) is 6.02. The van der Waals surface area contributed by atoms with Crippen molar-refractivity contribution in [3.63, 3.8) is 0 Å². The Bertz CT molecular complexity index is 460. The summed E-state index contributed by atoms with van der Waals surface area (Å²) in [4.78, 5) is 12.9. The normalized spacial score (nSPS) is 19.5. The van der Waals surface area contributed by atoms with E-state index in [0.29, 0.717) is 12.6 Å². The van der Waals surface area contributed by atoms with Crippen LogP contribution in [0.5, 0.6) is 0 Å². The average Bonchev–Trinajstić information content (AvgIpc) is 2.39. The molecule has 0 radical (unpaired) electrons. The van der Waals surface area contributed by atoms with Gasteiger partial charge in [-0.25, -0.2) is 0 Å². The Labute approximate surface area is 113 Å². The zero-order valence-corrected chi connectivity index (χ0v) is 11.3. The Balaban J connectivity index is 2.30. The summed E-state index contributed by atoms with van der Waals surface area (Å²) in [6.45, 7) is 3.53. The number of nitrogens with zero attached hydrogens (tertiary/aromatic N) is 2. The van der Waals surface area contributed by atoms with Gasteiger partial charge in [-0.05, 0) is 50.8 Å². The van der Waals surface area contributed by atoms with Crippen LogP contribution >= 0.6 is 0 Å². The number of nitro benzene ring substituents is 1. The fourth-order valence-electron chi connectivity index (χ4n) is 2.85. The smallest absolute Gasteiger partial charge is 0.271 e. The minimum Gasteiger partial charge on any atom is -0.368 e. The molecule has 1 saturated heterocycles. The number of hydrogen-bond acceptors (Lipinski definition) is 4. The Kier molecular flexibility index (Phi) is 4.37. The third kappa shape index (κ3) is 3.23. The molecule has 1 aromatic rings. The first kappa shape index (κ1) is 13.8. The third-order valence-corrected chi connectivity index (χ3v) is 3.72. The molecule has 0 amide bonds. The van der Waals surface area contributed by atoms with Crippen LogP contribution in [0.2, 0.25) is 0 Å². The quantitative estimate of drug-likeness (QED) is 0.669. The van der Waals surface area contributed by atoms with Crippen molar-refractivity contribution in [3.05, 3.63) is 33.9 Å². The maximum Gasteiger partial charge on any atom is 0.271 e. The molecule has 1 fully saturated rings. The highest BCUT2D eigenvalue weighted by atomic mass is 16.6. The van der Waals surface area contributed by atoms with Crippen LogP contribution in [0.3, 0.4) is 0 Å². The number of nitro groups is 1. The number of benzene rings is 1.